The van der Waals surface area contributed by atoms with Gasteiger partial charge in [-0.05, 0) is 55.3 Å². The van der Waals surface area contributed by atoms with E-state index in [9.17, 15) is 9.59 Å². The standard InChI is InChI=1S/C19H18BrCl2NO4/c1-3-12-8-13(20)4-6-16(12)23-18(24)10-26-19(25)11(2)27-17-7-5-14(21)9-15(17)22/h4-9,11H,3,10H2,1-2H3,(H,23,24)/t11-/m1/s1. The first-order valence-electron chi connectivity index (χ1n) is 8.16. The van der Waals surface area contributed by atoms with Gasteiger partial charge in [0.15, 0.2) is 12.7 Å². The van der Waals surface area contributed by atoms with Crippen LogP contribution in [0.15, 0.2) is 40.9 Å². The summed E-state index contributed by atoms with van der Waals surface area (Å²) < 4.78 is 11.4. The fourth-order valence-corrected chi connectivity index (χ4v) is 3.09. The molecule has 2 aromatic carbocycles. The fraction of sp³-hybridized carbons (Fsp3) is 0.263. The summed E-state index contributed by atoms with van der Waals surface area (Å²) in [5, 5.41) is 3.47. The summed E-state index contributed by atoms with van der Waals surface area (Å²) in [7, 11) is 0. The van der Waals surface area contributed by atoms with Gasteiger partial charge in [0.25, 0.3) is 5.91 Å². The molecular formula is C19H18BrCl2NO4. The van der Waals surface area contributed by atoms with Gasteiger partial charge in [-0.3, -0.25) is 4.79 Å². The van der Waals surface area contributed by atoms with Gasteiger partial charge in [-0.15, -0.1) is 0 Å². The van der Waals surface area contributed by atoms with Gasteiger partial charge in [-0.1, -0.05) is 46.1 Å². The number of rotatable bonds is 7. The zero-order chi connectivity index (χ0) is 20.0. The summed E-state index contributed by atoms with van der Waals surface area (Å²) in [6.07, 6.45) is -0.183. The van der Waals surface area contributed by atoms with Crippen molar-refractivity contribution in [1.29, 1.82) is 0 Å². The van der Waals surface area contributed by atoms with Crippen LogP contribution in [0.5, 0.6) is 5.75 Å². The Bertz CT molecular complexity index is 844. The van der Waals surface area contributed by atoms with E-state index in [4.69, 9.17) is 32.7 Å². The van der Waals surface area contributed by atoms with Crippen molar-refractivity contribution in [2.24, 2.45) is 0 Å². The quantitative estimate of drug-likeness (QED) is 0.555. The zero-order valence-electron chi connectivity index (χ0n) is 14.7. The Morgan fingerprint density at radius 2 is 1.93 bits per heavy atom. The molecule has 144 valence electrons. The molecule has 0 aliphatic carbocycles. The number of anilines is 1. The van der Waals surface area contributed by atoms with Gasteiger partial charge in [0.1, 0.15) is 5.75 Å². The van der Waals surface area contributed by atoms with Crippen LogP contribution < -0.4 is 10.1 Å². The molecule has 5 nitrogen and oxygen atoms in total. The molecule has 0 spiro atoms. The van der Waals surface area contributed by atoms with Gasteiger partial charge >= 0.3 is 5.97 Å². The maximum atomic E-state index is 12.1. The van der Waals surface area contributed by atoms with Crippen molar-refractivity contribution in [3.63, 3.8) is 0 Å². The van der Waals surface area contributed by atoms with Crippen LogP contribution in [0.2, 0.25) is 10.0 Å². The number of esters is 1. The minimum atomic E-state index is -0.935. The van der Waals surface area contributed by atoms with E-state index in [0.717, 1.165) is 16.5 Å². The van der Waals surface area contributed by atoms with Crippen LogP contribution in [-0.4, -0.2) is 24.6 Å². The highest BCUT2D eigenvalue weighted by Crippen LogP contribution is 2.28. The molecule has 0 bridgehead atoms. The number of hydrogen-bond donors (Lipinski definition) is 1. The van der Waals surface area contributed by atoms with Crippen LogP contribution in [0, 0.1) is 0 Å². The number of carbonyl (C=O) groups is 2. The van der Waals surface area contributed by atoms with E-state index in [1.54, 1.807) is 18.2 Å². The van der Waals surface area contributed by atoms with Crippen molar-refractivity contribution in [3.8, 4) is 5.75 Å². The molecule has 0 fully saturated rings. The van der Waals surface area contributed by atoms with Crippen molar-refractivity contribution in [3.05, 3.63) is 56.5 Å². The lowest BCUT2D eigenvalue weighted by molar-refractivity contribution is -0.153. The fourth-order valence-electron chi connectivity index (χ4n) is 2.23. The predicted molar refractivity (Wildman–Crippen MR) is 110 cm³/mol. The molecule has 0 radical (unpaired) electrons. The lowest BCUT2D eigenvalue weighted by Gasteiger charge is -2.15. The molecule has 0 saturated heterocycles. The Morgan fingerprint density at radius 3 is 2.59 bits per heavy atom. The Hall–Kier alpha value is -1.76. The first-order valence-corrected chi connectivity index (χ1v) is 9.71. The summed E-state index contributed by atoms with van der Waals surface area (Å²) >= 11 is 15.2. The largest absolute Gasteiger partial charge is 0.477 e. The molecule has 2 rings (SSSR count). The molecule has 8 heteroatoms. The second-order valence-corrected chi connectivity index (χ2v) is 7.41. The molecule has 0 saturated carbocycles. The highest BCUT2D eigenvalue weighted by molar-refractivity contribution is 9.10. The number of nitrogens with one attached hydrogen (secondary N) is 1. The monoisotopic (exact) mass is 473 g/mol. The average Bonchev–Trinajstić information content (AvgIpc) is 2.63. The Labute approximate surface area is 176 Å². The number of benzene rings is 2. The maximum absolute atomic E-state index is 12.1. The average molecular weight is 475 g/mol. The van der Waals surface area contributed by atoms with Gasteiger partial charge in [-0.2, -0.15) is 0 Å². The third kappa shape index (κ3) is 6.41. The van der Waals surface area contributed by atoms with Crippen molar-refractivity contribution in [1.82, 2.24) is 0 Å². The van der Waals surface area contributed by atoms with Gasteiger partial charge in [0, 0.05) is 15.2 Å². The van der Waals surface area contributed by atoms with E-state index in [1.165, 1.54) is 13.0 Å². The van der Waals surface area contributed by atoms with Crippen molar-refractivity contribution in [2.45, 2.75) is 26.4 Å². The summed E-state index contributed by atoms with van der Waals surface area (Å²) in [6.45, 7) is 3.08. The normalized spacial score (nSPS) is 11.6. The summed E-state index contributed by atoms with van der Waals surface area (Å²) in [5.74, 6) is -0.808. The molecule has 0 unspecified atom stereocenters. The summed E-state index contributed by atoms with van der Waals surface area (Å²) in [4.78, 5) is 24.1. The third-order valence-corrected chi connectivity index (χ3v) is 4.62. The maximum Gasteiger partial charge on any atom is 0.347 e. The topological polar surface area (TPSA) is 64.6 Å². The smallest absolute Gasteiger partial charge is 0.347 e. The predicted octanol–water partition coefficient (Wildman–Crippen LogP) is 5.27. The van der Waals surface area contributed by atoms with E-state index in [2.05, 4.69) is 21.2 Å². The summed E-state index contributed by atoms with van der Waals surface area (Å²) in [6, 6.07) is 10.2. The minimum Gasteiger partial charge on any atom is -0.477 e. The summed E-state index contributed by atoms with van der Waals surface area (Å²) in [5.41, 5.74) is 1.65. The SMILES string of the molecule is CCc1cc(Br)ccc1NC(=O)COC(=O)[C@@H](C)Oc1ccc(Cl)cc1Cl. The van der Waals surface area contributed by atoms with Gasteiger partial charge in [0.05, 0.1) is 5.02 Å². The van der Waals surface area contributed by atoms with Crippen LogP contribution in [0.1, 0.15) is 19.4 Å². The first kappa shape index (κ1) is 21.5. The number of amides is 1. The van der Waals surface area contributed by atoms with Gasteiger partial charge in [0.2, 0.25) is 0 Å². The lowest BCUT2D eigenvalue weighted by atomic mass is 10.1. The molecule has 0 aromatic heterocycles. The molecular weight excluding hydrogens is 457 g/mol. The van der Waals surface area contributed by atoms with Crippen LogP contribution in [0.25, 0.3) is 0 Å². The molecule has 27 heavy (non-hydrogen) atoms. The van der Waals surface area contributed by atoms with Crippen LogP contribution in [-0.2, 0) is 20.7 Å². The Balaban J connectivity index is 1.88. The number of carbonyl (C=O) groups excluding carboxylic acids is 2. The van der Waals surface area contributed by atoms with Crippen molar-refractivity contribution < 1.29 is 19.1 Å². The van der Waals surface area contributed by atoms with Crippen LogP contribution in [0.3, 0.4) is 0 Å². The minimum absolute atomic E-state index is 0.280. The lowest BCUT2D eigenvalue weighted by Crippen LogP contribution is -2.30. The van der Waals surface area contributed by atoms with Crippen molar-refractivity contribution >= 4 is 56.7 Å². The van der Waals surface area contributed by atoms with E-state index in [0.29, 0.717) is 16.5 Å². The highest BCUT2D eigenvalue weighted by Gasteiger charge is 2.19. The molecule has 2 aromatic rings. The highest BCUT2D eigenvalue weighted by atomic mass is 79.9. The third-order valence-electron chi connectivity index (χ3n) is 3.60. The molecule has 0 aliphatic rings. The van der Waals surface area contributed by atoms with Crippen LogP contribution >= 0.6 is 39.1 Å². The van der Waals surface area contributed by atoms with Crippen LogP contribution in [0.4, 0.5) is 5.69 Å². The first-order chi connectivity index (χ1) is 12.8. The van der Waals surface area contributed by atoms with Gasteiger partial charge in [-0.25, -0.2) is 4.79 Å². The molecule has 1 N–H and O–H groups in total. The van der Waals surface area contributed by atoms with E-state index in [1.807, 2.05) is 19.1 Å². The number of hydrogen-bond acceptors (Lipinski definition) is 4. The zero-order valence-corrected chi connectivity index (χ0v) is 17.8. The molecule has 0 heterocycles. The van der Waals surface area contributed by atoms with Gasteiger partial charge < -0.3 is 14.8 Å². The molecule has 1 amide bonds. The Kier molecular flexibility index (Phi) is 7.95. The Morgan fingerprint density at radius 1 is 1.19 bits per heavy atom. The molecule has 1 atom stereocenters. The number of halogens is 3. The number of aryl methyl sites for hydroxylation is 1. The second kappa shape index (κ2) is 9.97. The number of ether oxygens (including phenoxy) is 2. The van der Waals surface area contributed by atoms with E-state index >= 15 is 0 Å². The van der Waals surface area contributed by atoms with Crippen molar-refractivity contribution in [2.75, 3.05) is 11.9 Å². The van der Waals surface area contributed by atoms with E-state index in [-0.39, 0.29) is 5.02 Å². The molecule has 0 aliphatic heterocycles. The van der Waals surface area contributed by atoms with E-state index < -0.39 is 24.6 Å². The second-order valence-electron chi connectivity index (χ2n) is 5.65.